The summed E-state index contributed by atoms with van der Waals surface area (Å²) in [6.07, 6.45) is 2.56. The van der Waals surface area contributed by atoms with Crippen LogP contribution in [0.15, 0.2) is 34.1 Å². The molecule has 1 heterocycles. The maximum absolute atomic E-state index is 12.3. The zero-order valence-electron chi connectivity index (χ0n) is 12.9. The van der Waals surface area contributed by atoms with E-state index in [2.05, 4.69) is 5.32 Å². The lowest BCUT2D eigenvalue weighted by Gasteiger charge is -2.14. The molecule has 9 heteroatoms. The predicted molar refractivity (Wildman–Crippen MR) is 90.5 cm³/mol. The molecule has 0 saturated heterocycles. The maximum Gasteiger partial charge on any atom is 0.408 e. The van der Waals surface area contributed by atoms with Crippen molar-refractivity contribution >= 4 is 39.7 Å². The number of thioether (sulfide) groups is 1. The summed E-state index contributed by atoms with van der Waals surface area (Å²) >= 11 is 1.46. The van der Waals surface area contributed by atoms with Crippen molar-refractivity contribution < 1.29 is 27.9 Å². The Hall–Kier alpha value is -2.00. The molecule has 2 rings (SSSR count). The van der Waals surface area contributed by atoms with E-state index in [1.807, 2.05) is 6.26 Å². The van der Waals surface area contributed by atoms with Gasteiger partial charge < -0.3 is 15.2 Å². The molecular weight excluding hydrogens is 354 g/mol. The molecule has 1 aromatic carbocycles. The molecule has 7 nitrogen and oxygen atoms in total. The molecule has 1 amide bonds. The van der Waals surface area contributed by atoms with Gasteiger partial charge in [-0.05, 0) is 36.1 Å². The van der Waals surface area contributed by atoms with E-state index in [0.717, 1.165) is 0 Å². The Balaban J connectivity index is 1.96. The van der Waals surface area contributed by atoms with E-state index in [1.54, 1.807) is 18.2 Å². The number of aliphatic carboxylic acids is 1. The van der Waals surface area contributed by atoms with Crippen LogP contribution in [0.4, 0.5) is 4.79 Å². The first-order valence-corrected chi connectivity index (χ1v) is 9.93. The molecule has 1 aliphatic rings. The van der Waals surface area contributed by atoms with Crippen LogP contribution in [0.25, 0.3) is 6.08 Å². The third-order valence-corrected chi connectivity index (χ3v) is 5.94. The second kappa shape index (κ2) is 7.71. The first-order valence-electron chi connectivity index (χ1n) is 7.06. The van der Waals surface area contributed by atoms with Crippen LogP contribution in [-0.2, 0) is 19.4 Å². The largest absolute Gasteiger partial charge is 0.480 e. The molecule has 0 saturated carbocycles. The van der Waals surface area contributed by atoms with Crippen LogP contribution < -0.4 is 5.32 Å². The molecule has 0 spiro atoms. The minimum atomic E-state index is -3.66. The summed E-state index contributed by atoms with van der Waals surface area (Å²) in [5.74, 6) is -0.604. The Morgan fingerprint density at radius 2 is 2.04 bits per heavy atom. The van der Waals surface area contributed by atoms with E-state index < -0.39 is 34.5 Å². The number of rotatable bonds is 7. The van der Waals surface area contributed by atoms with Crippen molar-refractivity contribution in [2.75, 3.05) is 18.6 Å². The van der Waals surface area contributed by atoms with Crippen LogP contribution in [0.3, 0.4) is 0 Å². The fourth-order valence-electron chi connectivity index (χ4n) is 2.17. The summed E-state index contributed by atoms with van der Waals surface area (Å²) in [5, 5.41) is 11.3. The lowest BCUT2D eigenvalue weighted by Crippen LogP contribution is -2.41. The third-order valence-electron chi connectivity index (χ3n) is 3.42. The van der Waals surface area contributed by atoms with Gasteiger partial charge in [-0.15, -0.1) is 0 Å². The van der Waals surface area contributed by atoms with E-state index in [-0.39, 0.29) is 16.2 Å². The minimum Gasteiger partial charge on any atom is -0.480 e. The topological polar surface area (TPSA) is 110 Å². The van der Waals surface area contributed by atoms with Crippen LogP contribution in [0.5, 0.6) is 0 Å². The van der Waals surface area contributed by atoms with Gasteiger partial charge in [0, 0.05) is 0 Å². The smallest absolute Gasteiger partial charge is 0.408 e. The lowest BCUT2D eigenvalue weighted by molar-refractivity contribution is -0.139. The second-order valence-electron chi connectivity index (χ2n) is 5.04. The van der Waals surface area contributed by atoms with Gasteiger partial charge in [-0.1, -0.05) is 18.2 Å². The number of ether oxygens (including phenoxy) is 1. The SMILES string of the molecule is CSCC[C@H](NC(=O)OCC1=Cc2ccccc2S1(=O)=O)C(=O)O. The number of sulfone groups is 1. The highest BCUT2D eigenvalue weighted by Gasteiger charge is 2.30. The summed E-state index contributed by atoms with van der Waals surface area (Å²) in [6, 6.07) is 5.39. The standard InChI is InChI=1S/C15H17NO6S2/c1-23-7-6-12(14(17)18)16-15(19)22-9-11-8-10-4-2-3-5-13(10)24(11,20)21/h2-5,8,12H,6-7,9H2,1H3,(H,16,19)(H,17,18)/t12-/m0/s1. The molecule has 1 aliphatic heterocycles. The molecule has 0 unspecified atom stereocenters. The van der Waals surface area contributed by atoms with Gasteiger partial charge in [0.2, 0.25) is 9.84 Å². The average molecular weight is 371 g/mol. The lowest BCUT2D eigenvalue weighted by atomic mass is 10.2. The van der Waals surface area contributed by atoms with Crippen LogP contribution in [0, 0.1) is 0 Å². The molecular formula is C15H17NO6S2. The zero-order chi connectivity index (χ0) is 17.7. The first kappa shape index (κ1) is 18.3. The quantitative estimate of drug-likeness (QED) is 0.751. The summed E-state index contributed by atoms with van der Waals surface area (Å²) < 4.78 is 29.5. The molecule has 130 valence electrons. The third kappa shape index (κ3) is 4.09. The number of carboxylic acids is 1. The Morgan fingerprint density at radius 1 is 1.33 bits per heavy atom. The number of carbonyl (C=O) groups is 2. The number of hydrogen-bond donors (Lipinski definition) is 2. The van der Waals surface area contributed by atoms with Gasteiger partial charge in [-0.25, -0.2) is 18.0 Å². The summed E-state index contributed by atoms with van der Waals surface area (Å²) in [4.78, 5) is 22.9. The Kier molecular flexibility index (Phi) is 5.89. The van der Waals surface area contributed by atoms with Gasteiger partial charge in [-0.2, -0.15) is 11.8 Å². The normalized spacial score (nSPS) is 16.0. The molecule has 1 aromatic rings. The van der Waals surface area contributed by atoms with E-state index in [0.29, 0.717) is 11.3 Å². The molecule has 0 radical (unpaired) electrons. The van der Waals surface area contributed by atoms with Crippen LogP contribution >= 0.6 is 11.8 Å². The van der Waals surface area contributed by atoms with Gasteiger partial charge in [0.05, 0.1) is 9.80 Å². The number of carbonyl (C=O) groups excluding carboxylic acids is 1. The van der Waals surface area contributed by atoms with Gasteiger partial charge in [0.15, 0.2) is 0 Å². The van der Waals surface area contributed by atoms with Crippen molar-refractivity contribution in [3.8, 4) is 0 Å². The van der Waals surface area contributed by atoms with Crippen LogP contribution in [-0.4, -0.2) is 50.2 Å². The van der Waals surface area contributed by atoms with Gasteiger partial charge in [-0.3, -0.25) is 0 Å². The van der Waals surface area contributed by atoms with Crippen molar-refractivity contribution in [1.82, 2.24) is 5.32 Å². The maximum atomic E-state index is 12.3. The molecule has 0 fully saturated rings. The van der Waals surface area contributed by atoms with Crippen molar-refractivity contribution in [1.29, 1.82) is 0 Å². The van der Waals surface area contributed by atoms with E-state index in [1.165, 1.54) is 23.9 Å². The van der Waals surface area contributed by atoms with Gasteiger partial charge in [0.25, 0.3) is 0 Å². The van der Waals surface area contributed by atoms with Crippen molar-refractivity contribution in [2.45, 2.75) is 17.4 Å². The number of nitrogens with one attached hydrogen (secondary N) is 1. The summed E-state index contributed by atoms with van der Waals surface area (Å²) in [6.45, 7) is -0.447. The predicted octanol–water partition coefficient (Wildman–Crippen LogP) is 1.75. The highest BCUT2D eigenvalue weighted by atomic mass is 32.2. The Bertz CT molecular complexity index is 772. The molecule has 1 atom stereocenters. The van der Waals surface area contributed by atoms with E-state index in [9.17, 15) is 18.0 Å². The van der Waals surface area contributed by atoms with E-state index in [4.69, 9.17) is 9.84 Å². The van der Waals surface area contributed by atoms with Gasteiger partial charge >= 0.3 is 12.1 Å². The number of amides is 1. The Labute approximate surface area is 144 Å². The number of benzene rings is 1. The van der Waals surface area contributed by atoms with E-state index >= 15 is 0 Å². The summed E-state index contributed by atoms with van der Waals surface area (Å²) in [7, 11) is -3.66. The highest BCUT2D eigenvalue weighted by Crippen LogP contribution is 2.32. The monoisotopic (exact) mass is 371 g/mol. The average Bonchev–Trinajstić information content (AvgIpc) is 2.80. The molecule has 0 aliphatic carbocycles. The van der Waals surface area contributed by atoms with Crippen molar-refractivity contribution in [3.05, 3.63) is 34.7 Å². The fraction of sp³-hybridized carbons (Fsp3) is 0.333. The second-order valence-corrected chi connectivity index (χ2v) is 8.00. The Morgan fingerprint density at radius 3 is 2.67 bits per heavy atom. The highest BCUT2D eigenvalue weighted by molar-refractivity contribution is 7.98. The van der Waals surface area contributed by atoms with Crippen LogP contribution in [0.1, 0.15) is 12.0 Å². The first-order chi connectivity index (χ1) is 11.4. The number of hydrogen-bond acceptors (Lipinski definition) is 6. The number of alkyl carbamates (subject to hydrolysis) is 1. The minimum absolute atomic E-state index is 0.0326. The fourth-order valence-corrected chi connectivity index (χ4v) is 4.11. The number of fused-ring (bicyclic) bond motifs is 1. The molecule has 24 heavy (non-hydrogen) atoms. The van der Waals surface area contributed by atoms with Gasteiger partial charge in [0.1, 0.15) is 12.6 Å². The van der Waals surface area contributed by atoms with Crippen molar-refractivity contribution in [3.63, 3.8) is 0 Å². The zero-order valence-corrected chi connectivity index (χ0v) is 14.5. The van der Waals surface area contributed by atoms with Crippen molar-refractivity contribution in [2.24, 2.45) is 0 Å². The number of carboxylic acid groups (broad SMARTS) is 1. The molecule has 2 N–H and O–H groups in total. The van der Waals surface area contributed by atoms with Crippen LogP contribution in [0.2, 0.25) is 0 Å². The summed E-state index contributed by atoms with van der Waals surface area (Å²) in [5.41, 5.74) is 0.542. The molecule has 0 aromatic heterocycles. The molecule has 0 bridgehead atoms.